The Labute approximate surface area is 192 Å². The Morgan fingerprint density at radius 2 is 2.16 bits per heavy atom. The van der Waals surface area contributed by atoms with E-state index < -0.39 is 5.82 Å². The van der Waals surface area contributed by atoms with E-state index in [0.29, 0.717) is 12.2 Å². The SMILES string of the molecule is CCCC(CC)C(=O)N1CC=C(c2cc3c(Nc4ccc(F)c(Cl)c4)ccnc3[nH]2)CC1. The first-order valence-electron chi connectivity index (χ1n) is 11.2. The maximum absolute atomic E-state index is 13.5. The molecule has 0 radical (unpaired) electrons. The molecule has 0 saturated carbocycles. The van der Waals surface area contributed by atoms with Gasteiger partial charge in [0.05, 0.1) is 10.7 Å². The van der Waals surface area contributed by atoms with Crippen molar-refractivity contribution in [2.24, 2.45) is 5.92 Å². The van der Waals surface area contributed by atoms with Crippen molar-refractivity contribution in [1.29, 1.82) is 0 Å². The van der Waals surface area contributed by atoms with E-state index in [4.69, 9.17) is 11.6 Å². The first kappa shape index (κ1) is 22.3. The molecule has 4 rings (SSSR count). The highest BCUT2D eigenvalue weighted by atomic mass is 35.5. The third kappa shape index (κ3) is 4.65. The molecule has 1 aliphatic rings. The zero-order chi connectivity index (χ0) is 22.7. The lowest BCUT2D eigenvalue weighted by Crippen LogP contribution is -2.38. The summed E-state index contributed by atoms with van der Waals surface area (Å²) in [7, 11) is 0. The van der Waals surface area contributed by atoms with Crippen LogP contribution < -0.4 is 5.32 Å². The summed E-state index contributed by atoms with van der Waals surface area (Å²) in [6.45, 7) is 5.58. The predicted molar refractivity (Wildman–Crippen MR) is 129 cm³/mol. The molecule has 168 valence electrons. The topological polar surface area (TPSA) is 61.0 Å². The molecular formula is C25H28ClFN4O. The van der Waals surface area contributed by atoms with E-state index >= 15 is 0 Å². The summed E-state index contributed by atoms with van der Waals surface area (Å²) in [5.41, 5.74) is 4.53. The number of halogens is 2. The van der Waals surface area contributed by atoms with Crippen molar-refractivity contribution in [2.75, 3.05) is 18.4 Å². The average molecular weight is 455 g/mol. The lowest BCUT2D eigenvalue weighted by molar-refractivity contribution is -0.135. The molecule has 2 N–H and O–H groups in total. The summed E-state index contributed by atoms with van der Waals surface area (Å²) in [5, 5.41) is 4.32. The summed E-state index contributed by atoms with van der Waals surface area (Å²) in [4.78, 5) is 22.6. The molecule has 0 aliphatic carbocycles. The van der Waals surface area contributed by atoms with Gasteiger partial charge in [-0.3, -0.25) is 4.79 Å². The highest BCUT2D eigenvalue weighted by molar-refractivity contribution is 6.31. The monoisotopic (exact) mass is 454 g/mol. The van der Waals surface area contributed by atoms with E-state index in [1.807, 2.05) is 11.0 Å². The lowest BCUT2D eigenvalue weighted by atomic mass is 9.97. The zero-order valence-electron chi connectivity index (χ0n) is 18.4. The second-order valence-electron chi connectivity index (χ2n) is 8.22. The number of aromatic amines is 1. The number of hydrogen-bond acceptors (Lipinski definition) is 3. The Morgan fingerprint density at radius 3 is 2.84 bits per heavy atom. The van der Waals surface area contributed by atoms with Crippen molar-refractivity contribution in [1.82, 2.24) is 14.9 Å². The molecule has 5 nitrogen and oxygen atoms in total. The minimum absolute atomic E-state index is 0.0748. The fourth-order valence-corrected chi connectivity index (χ4v) is 4.44. The summed E-state index contributed by atoms with van der Waals surface area (Å²) >= 11 is 5.92. The van der Waals surface area contributed by atoms with Gasteiger partial charge in [-0.15, -0.1) is 0 Å². The van der Waals surface area contributed by atoms with E-state index in [1.165, 1.54) is 11.6 Å². The van der Waals surface area contributed by atoms with Crippen LogP contribution in [0.1, 0.15) is 45.2 Å². The zero-order valence-corrected chi connectivity index (χ0v) is 19.2. The number of amides is 1. The highest BCUT2D eigenvalue weighted by Crippen LogP contribution is 2.31. The van der Waals surface area contributed by atoms with E-state index in [0.717, 1.165) is 54.6 Å². The third-order valence-electron chi connectivity index (χ3n) is 6.08. The lowest BCUT2D eigenvalue weighted by Gasteiger charge is -2.29. The number of anilines is 2. The van der Waals surface area contributed by atoms with E-state index in [-0.39, 0.29) is 16.8 Å². The van der Waals surface area contributed by atoms with Gasteiger partial charge in [-0.05, 0) is 55.2 Å². The normalized spacial score (nSPS) is 15.0. The van der Waals surface area contributed by atoms with Crippen molar-refractivity contribution in [3.05, 3.63) is 59.1 Å². The second kappa shape index (κ2) is 9.74. The number of pyridine rings is 1. The summed E-state index contributed by atoms with van der Waals surface area (Å²) in [5.74, 6) is -0.0500. The molecule has 7 heteroatoms. The van der Waals surface area contributed by atoms with Crippen LogP contribution in [-0.2, 0) is 4.79 Å². The fourth-order valence-electron chi connectivity index (χ4n) is 4.26. The van der Waals surface area contributed by atoms with Gasteiger partial charge < -0.3 is 15.2 Å². The van der Waals surface area contributed by atoms with Crippen LogP contribution in [0.5, 0.6) is 0 Å². The van der Waals surface area contributed by atoms with Crippen LogP contribution in [-0.4, -0.2) is 33.9 Å². The van der Waals surface area contributed by atoms with Crippen LogP contribution in [0, 0.1) is 11.7 Å². The Balaban J connectivity index is 1.53. The second-order valence-corrected chi connectivity index (χ2v) is 8.62. The number of aromatic nitrogens is 2. The van der Waals surface area contributed by atoms with Gasteiger partial charge in [-0.25, -0.2) is 9.37 Å². The van der Waals surface area contributed by atoms with Crippen LogP contribution in [0.3, 0.4) is 0 Å². The van der Waals surface area contributed by atoms with E-state index in [9.17, 15) is 9.18 Å². The van der Waals surface area contributed by atoms with Gasteiger partial charge in [0.1, 0.15) is 11.5 Å². The molecule has 1 aromatic carbocycles. The summed E-state index contributed by atoms with van der Waals surface area (Å²) < 4.78 is 13.5. The molecule has 0 bridgehead atoms. The molecule has 0 saturated heterocycles. The molecule has 1 aliphatic heterocycles. The van der Waals surface area contributed by atoms with Crippen LogP contribution in [0.25, 0.3) is 16.6 Å². The Kier molecular flexibility index (Phi) is 6.80. The van der Waals surface area contributed by atoms with Crippen LogP contribution in [0.2, 0.25) is 5.02 Å². The fraction of sp³-hybridized carbons (Fsp3) is 0.360. The molecule has 3 heterocycles. The molecule has 0 fully saturated rings. The molecule has 1 amide bonds. The maximum Gasteiger partial charge on any atom is 0.225 e. The Hall–Kier alpha value is -2.86. The minimum Gasteiger partial charge on any atom is -0.355 e. The van der Waals surface area contributed by atoms with E-state index in [2.05, 4.69) is 41.3 Å². The van der Waals surface area contributed by atoms with Gasteiger partial charge >= 0.3 is 0 Å². The van der Waals surface area contributed by atoms with Gasteiger partial charge in [0.15, 0.2) is 0 Å². The largest absolute Gasteiger partial charge is 0.355 e. The highest BCUT2D eigenvalue weighted by Gasteiger charge is 2.24. The number of hydrogen-bond donors (Lipinski definition) is 2. The van der Waals surface area contributed by atoms with Gasteiger partial charge in [0.2, 0.25) is 5.91 Å². The number of fused-ring (bicyclic) bond motifs is 1. The van der Waals surface area contributed by atoms with Crippen molar-refractivity contribution >= 4 is 45.5 Å². The van der Waals surface area contributed by atoms with Gasteiger partial charge in [-0.2, -0.15) is 0 Å². The number of carbonyl (C=O) groups is 1. The number of H-pyrrole nitrogens is 1. The molecule has 0 spiro atoms. The Bertz CT molecular complexity index is 1160. The Morgan fingerprint density at radius 1 is 1.31 bits per heavy atom. The number of nitrogens with zero attached hydrogens (tertiary/aromatic N) is 2. The minimum atomic E-state index is -0.447. The van der Waals surface area contributed by atoms with Crippen molar-refractivity contribution in [3.63, 3.8) is 0 Å². The van der Waals surface area contributed by atoms with Gasteiger partial charge in [0.25, 0.3) is 0 Å². The van der Waals surface area contributed by atoms with Crippen LogP contribution in [0.15, 0.2) is 42.6 Å². The van der Waals surface area contributed by atoms with Crippen molar-refractivity contribution in [3.8, 4) is 0 Å². The summed E-state index contributed by atoms with van der Waals surface area (Å²) in [6, 6.07) is 8.51. The first-order valence-corrected chi connectivity index (χ1v) is 11.6. The smallest absolute Gasteiger partial charge is 0.225 e. The molecule has 32 heavy (non-hydrogen) atoms. The number of rotatable bonds is 7. The average Bonchev–Trinajstić information content (AvgIpc) is 3.25. The number of nitrogens with one attached hydrogen (secondary N) is 2. The van der Waals surface area contributed by atoms with Crippen molar-refractivity contribution in [2.45, 2.75) is 39.5 Å². The number of carbonyl (C=O) groups excluding carboxylic acids is 1. The van der Waals surface area contributed by atoms with Gasteiger partial charge in [0, 0.05) is 42.0 Å². The quantitative estimate of drug-likeness (QED) is 0.426. The number of benzene rings is 1. The van der Waals surface area contributed by atoms with Gasteiger partial charge in [-0.1, -0.05) is 37.9 Å². The van der Waals surface area contributed by atoms with E-state index in [1.54, 1.807) is 18.3 Å². The van der Waals surface area contributed by atoms with Crippen LogP contribution in [0.4, 0.5) is 15.8 Å². The molecular weight excluding hydrogens is 427 g/mol. The first-order chi connectivity index (χ1) is 15.5. The molecule has 1 atom stereocenters. The molecule has 3 aromatic rings. The predicted octanol–water partition coefficient (Wildman–Crippen LogP) is 6.54. The maximum atomic E-state index is 13.5. The van der Waals surface area contributed by atoms with Crippen LogP contribution >= 0.6 is 11.6 Å². The summed E-state index contributed by atoms with van der Waals surface area (Å²) in [6.07, 6.45) is 7.54. The van der Waals surface area contributed by atoms with Crippen molar-refractivity contribution < 1.29 is 9.18 Å². The molecule has 2 aromatic heterocycles. The molecule has 1 unspecified atom stereocenters. The standard InChI is InChI=1S/C25H28ClFN4O/c1-3-5-16(4-2)25(32)31-12-9-17(10-13-31)23-15-19-22(8-11-28-24(19)30-23)29-18-6-7-21(27)20(26)14-18/h6-9,11,14-16H,3-5,10,12-13H2,1-2H3,(H2,28,29,30). The third-order valence-corrected chi connectivity index (χ3v) is 6.37.